The summed E-state index contributed by atoms with van der Waals surface area (Å²) >= 11 is 0. The van der Waals surface area contributed by atoms with Crippen LogP contribution in [0.1, 0.15) is 16.7 Å². The Morgan fingerprint density at radius 2 is 0.684 bits per heavy atom. The summed E-state index contributed by atoms with van der Waals surface area (Å²) in [6, 6.07) is 35.7. The Morgan fingerprint density at radius 3 is 1.00 bits per heavy atom. The van der Waals surface area contributed by atoms with Crippen molar-refractivity contribution < 1.29 is 28.4 Å². The molecule has 7 rings (SSSR count). The van der Waals surface area contributed by atoms with Crippen LogP contribution in [0, 0.1) is 0 Å². The zero-order chi connectivity index (χ0) is 39.2. The van der Waals surface area contributed by atoms with Crippen molar-refractivity contribution in [2.24, 2.45) is 0 Å². The Kier molecular flexibility index (Phi) is 13.3. The summed E-state index contributed by atoms with van der Waals surface area (Å²) in [4.78, 5) is 13.4. The van der Waals surface area contributed by atoms with Gasteiger partial charge in [0.1, 0.15) is 53.6 Å². The van der Waals surface area contributed by atoms with Gasteiger partial charge < -0.3 is 28.4 Å². The fraction of sp³-hybridized carbons (Fsp3) is 0.188. The molecule has 0 amide bonds. The Labute approximate surface area is 332 Å². The Morgan fingerprint density at radius 1 is 0.386 bits per heavy atom. The zero-order valence-electron chi connectivity index (χ0n) is 31.9. The fourth-order valence-electron chi connectivity index (χ4n) is 6.27. The van der Waals surface area contributed by atoms with Gasteiger partial charge in [0.05, 0.1) is 39.6 Å². The first kappa shape index (κ1) is 38.9. The van der Waals surface area contributed by atoms with Crippen LogP contribution in [-0.4, -0.2) is 54.6 Å². The molecule has 0 saturated heterocycles. The molecule has 7 aromatic rings. The number of para-hydroxylation sites is 3. The van der Waals surface area contributed by atoms with Gasteiger partial charge in [-0.25, -0.2) is 0 Å². The van der Waals surface area contributed by atoms with Crippen molar-refractivity contribution in [1.82, 2.24) is 15.0 Å². The molecule has 57 heavy (non-hydrogen) atoms. The molecular weight excluding hydrogens is 715 g/mol. The number of rotatable bonds is 21. The summed E-state index contributed by atoms with van der Waals surface area (Å²) in [5.41, 5.74) is 7.84. The predicted molar refractivity (Wildman–Crippen MR) is 225 cm³/mol. The predicted octanol–water partition coefficient (Wildman–Crippen LogP) is 9.79. The molecule has 0 saturated carbocycles. The highest BCUT2D eigenvalue weighted by Crippen LogP contribution is 2.26. The van der Waals surface area contributed by atoms with Gasteiger partial charge in [0.25, 0.3) is 0 Å². The van der Waals surface area contributed by atoms with Gasteiger partial charge in [-0.05, 0) is 69.8 Å². The number of nitrogens with zero attached hydrogens (tertiary/aromatic N) is 3. The first-order valence-corrected chi connectivity index (χ1v) is 18.7. The number of ether oxygens (including phenoxy) is 6. The minimum absolute atomic E-state index is 0.317. The second-order valence-corrected chi connectivity index (χ2v) is 13.7. The van der Waals surface area contributed by atoms with E-state index in [-0.39, 0.29) is 0 Å². The molecule has 0 unspecified atom stereocenters. The summed E-state index contributed by atoms with van der Waals surface area (Å²) in [7, 11) is 0. The van der Waals surface area contributed by atoms with E-state index in [4.69, 9.17) is 28.4 Å². The highest BCUT2D eigenvalue weighted by Gasteiger charge is 2.09. The summed E-state index contributed by atoms with van der Waals surface area (Å²) in [6.07, 6.45) is 5.29. The molecule has 9 nitrogen and oxygen atoms in total. The van der Waals surface area contributed by atoms with Crippen LogP contribution in [0.25, 0.3) is 32.7 Å². The van der Waals surface area contributed by atoms with Crippen LogP contribution in [0.3, 0.4) is 0 Å². The molecule has 288 valence electrons. The highest BCUT2D eigenvalue weighted by molar-refractivity contribution is 5.85. The van der Waals surface area contributed by atoms with E-state index in [0.29, 0.717) is 76.7 Å². The quantitative estimate of drug-likeness (QED) is 0.0664. The third-order valence-corrected chi connectivity index (χ3v) is 8.92. The molecule has 0 aliphatic heterocycles. The largest absolute Gasteiger partial charge is 0.487 e. The SMILES string of the molecule is C=C(COCc1cc(COCC(=C)COc2cccc3cccnc23)cc(COCC(=C)COc2cccc3cccnc23)c1)COc1cccc2cccnc12. The van der Waals surface area contributed by atoms with E-state index >= 15 is 0 Å². The van der Waals surface area contributed by atoms with E-state index in [0.717, 1.165) is 66.1 Å². The molecule has 0 bridgehead atoms. The molecule has 0 fully saturated rings. The van der Waals surface area contributed by atoms with Crippen molar-refractivity contribution in [3.8, 4) is 17.2 Å². The van der Waals surface area contributed by atoms with Gasteiger partial charge in [0.15, 0.2) is 0 Å². The van der Waals surface area contributed by atoms with Crippen LogP contribution in [0.4, 0.5) is 0 Å². The Bertz CT molecular complexity index is 2200. The molecule has 0 aliphatic carbocycles. The van der Waals surface area contributed by atoms with Crippen molar-refractivity contribution in [2.45, 2.75) is 19.8 Å². The van der Waals surface area contributed by atoms with E-state index in [1.165, 1.54) is 0 Å². The minimum Gasteiger partial charge on any atom is -0.487 e. The van der Waals surface area contributed by atoms with Gasteiger partial charge in [-0.1, -0.05) is 92.5 Å². The number of pyridine rings is 3. The maximum atomic E-state index is 6.11. The average Bonchev–Trinajstić information content (AvgIpc) is 3.24. The molecule has 9 heteroatoms. The normalized spacial score (nSPS) is 11.2. The number of aromatic nitrogens is 3. The number of hydrogen-bond donors (Lipinski definition) is 0. The first-order chi connectivity index (χ1) is 28.0. The first-order valence-electron chi connectivity index (χ1n) is 18.7. The van der Waals surface area contributed by atoms with Crippen molar-refractivity contribution >= 4 is 32.7 Å². The van der Waals surface area contributed by atoms with Crippen molar-refractivity contribution in [2.75, 3.05) is 39.6 Å². The third-order valence-electron chi connectivity index (χ3n) is 8.92. The van der Waals surface area contributed by atoms with Gasteiger partial charge in [-0.2, -0.15) is 0 Å². The van der Waals surface area contributed by atoms with Gasteiger partial charge in [0.2, 0.25) is 0 Å². The lowest BCUT2D eigenvalue weighted by Crippen LogP contribution is -2.09. The zero-order valence-corrected chi connectivity index (χ0v) is 31.9. The molecule has 0 radical (unpaired) electrons. The molecule has 0 spiro atoms. The molecule has 3 aromatic heterocycles. The molecule has 0 aliphatic rings. The smallest absolute Gasteiger partial charge is 0.146 e. The topological polar surface area (TPSA) is 94.1 Å². The molecule has 3 heterocycles. The molecule has 0 atom stereocenters. The molecular formula is C48H45N3O6. The van der Waals surface area contributed by atoms with Crippen LogP contribution in [0.5, 0.6) is 17.2 Å². The second-order valence-electron chi connectivity index (χ2n) is 13.7. The Balaban J connectivity index is 0.923. The van der Waals surface area contributed by atoms with Crippen molar-refractivity contribution in [1.29, 1.82) is 0 Å². The summed E-state index contributed by atoms with van der Waals surface area (Å²) in [5, 5.41) is 3.06. The maximum Gasteiger partial charge on any atom is 0.146 e. The third kappa shape index (κ3) is 10.9. The minimum atomic E-state index is 0.317. The van der Waals surface area contributed by atoms with Gasteiger partial charge in [-0.15, -0.1) is 0 Å². The van der Waals surface area contributed by atoms with E-state index in [1.807, 2.05) is 91.0 Å². The lowest BCUT2D eigenvalue weighted by Gasteiger charge is -2.14. The Hall–Kier alpha value is -6.39. The summed E-state index contributed by atoms with van der Waals surface area (Å²) in [5.74, 6) is 2.14. The van der Waals surface area contributed by atoms with E-state index < -0.39 is 0 Å². The standard InChI is InChI=1S/C48H45N3O6/c1-34(28-55-43-16-4-10-40-13-7-19-49-46(40)43)25-52-31-37-22-38(32-53-26-35(2)29-56-44-17-5-11-41-14-8-20-50-47(41)44)24-39(23-37)33-54-27-36(3)30-57-45-18-6-12-42-15-9-21-51-48(42)45/h4-24H,1-3,25-33H2. The molecule has 4 aromatic carbocycles. The van der Waals surface area contributed by atoms with E-state index in [9.17, 15) is 0 Å². The van der Waals surface area contributed by atoms with Crippen LogP contribution in [0.15, 0.2) is 164 Å². The monoisotopic (exact) mass is 759 g/mol. The van der Waals surface area contributed by atoms with Crippen LogP contribution < -0.4 is 14.2 Å². The second kappa shape index (κ2) is 19.5. The van der Waals surface area contributed by atoms with Crippen LogP contribution in [-0.2, 0) is 34.0 Å². The van der Waals surface area contributed by atoms with Crippen molar-refractivity contribution in [3.05, 3.63) is 181 Å². The van der Waals surface area contributed by atoms with Gasteiger partial charge in [-0.3, -0.25) is 15.0 Å². The fourth-order valence-corrected chi connectivity index (χ4v) is 6.27. The van der Waals surface area contributed by atoms with Crippen molar-refractivity contribution in [3.63, 3.8) is 0 Å². The number of benzene rings is 4. The van der Waals surface area contributed by atoms with Gasteiger partial charge >= 0.3 is 0 Å². The highest BCUT2D eigenvalue weighted by atomic mass is 16.5. The summed E-state index contributed by atoms with van der Waals surface area (Å²) < 4.78 is 36.5. The maximum absolute atomic E-state index is 6.11. The number of hydrogen-bond acceptors (Lipinski definition) is 9. The lowest BCUT2D eigenvalue weighted by molar-refractivity contribution is 0.128. The van der Waals surface area contributed by atoms with Gasteiger partial charge in [0, 0.05) is 34.7 Å². The van der Waals surface area contributed by atoms with E-state index in [1.54, 1.807) is 18.6 Å². The van der Waals surface area contributed by atoms with Crippen LogP contribution >= 0.6 is 0 Å². The van der Waals surface area contributed by atoms with Crippen LogP contribution in [0.2, 0.25) is 0 Å². The van der Waals surface area contributed by atoms with E-state index in [2.05, 4.69) is 52.9 Å². The summed E-state index contributed by atoms with van der Waals surface area (Å²) in [6.45, 7) is 15.6. The lowest BCUT2D eigenvalue weighted by atomic mass is 10.1. The average molecular weight is 760 g/mol. The number of fused-ring (bicyclic) bond motifs is 3. The molecule has 0 N–H and O–H groups in total.